The number of benzene rings is 2. The topological polar surface area (TPSA) is 53.3 Å². The maximum Gasteiger partial charge on any atom is 0.264 e. The summed E-state index contributed by atoms with van der Waals surface area (Å²) >= 11 is 12.5. The zero-order valence-electron chi connectivity index (χ0n) is 13.8. The summed E-state index contributed by atoms with van der Waals surface area (Å²) in [6.45, 7) is 0.331. The Kier molecular flexibility index (Phi) is 6.46. The predicted molar refractivity (Wildman–Crippen MR) is 99.5 cm³/mol. The molecule has 0 radical (unpaired) electrons. The molecule has 0 bridgehead atoms. The van der Waals surface area contributed by atoms with Crippen LogP contribution < -0.4 is 4.74 Å². The molecule has 6 heteroatoms. The lowest BCUT2D eigenvalue weighted by atomic mass is 10.1. The van der Waals surface area contributed by atoms with Crippen molar-refractivity contribution in [1.29, 1.82) is 5.26 Å². The van der Waals surface area contributed by atoms with E-state index in [1.165, 1.54) is 11.0 Å². The van der Waals surface area contributed by atoms with Crippen LogP contribution in [0, 0.1) is 11.3 Å². The fourth-order valence-corrected chi connectivity index (χ4v) is 2.69. The standard InChI is InChI=1S/C19H16Cl2N2O2/c1-23(2)19(24)15(11-22)8-14-9-16(20)18(17(21)10-14)25-12-13-6-4-3-5-7-13/h3-10H,12H2,1-2H3/b15-8-. The highest BCUT2D eigenvalue weighted by atomic mass is 35.5. The number of carbonyl (C=O) groups excluding carboxylic acids is 1. The van der Waals surface area contributed by atoms with Gasteiger partial charge in [0.15, 0.2) is 5.75 Å². The van der Waals surface area contributed by atoms with E-state index in [-0.39, 0.29) is 11.5 Å². The van der Waals surface area contributed by atoms with Crippen molar-refractivity contribution in [3.8, 4) is 11.8 Å². The zero-order chi connectivity index (χ0) is 18.4. The molecule has 128 valence electrons. The first-order chi connectivity index (χ1) is 11.9. The van der Waals surface area contributed by atoms with Gasteiger partial charge in [-0.2, -0.15) is 5.26 Å². The molecule has 2 aromatic carbocycles. The summed E-state index contributed by atoms with van der Waals surface area (Å²) in [4.78, 5) is 13.2. The molecular weight excluding hydrogens is 359 g/mol. The second-order valence-electron chi connectivity index (χ2n) is 5.46. The number of rotatable bonds is 5. The smallest absolute Gasteiger partial charge is 0.264 e. The van der Waals surface area contributed by atoms with Crippen LogP contribution in [0.3, 0.4) is 0 Å². The molecule has 1 amide bonds. The monoisotopic (exact) mass is 374 g/mol. The number of amides is 1. The summed E-state index contributed by atoms with van der Waals surface area (Å²) in [5.74, 6) is -0.0269. The van der Waals surface area contributed by atoms with Crippen LogP contribution in [-0.4, -0.2) is 24.9 Å². The molecule has 0 saturated carbocycles. The molecule has 0 aromatic heterocycles. The van der Waals surface area contributed by atoms with Crippen molar-refractivity contribution in [2.24, 2.45) is 0 Å². The number of ether oxygens (including phenoxy) is 1. The minimum absolute atomic E-state index is 0.00455. The summed E-state index contributed by atoms with van der Waals surface area (Å²) in [6, 6.07) is 14.7. The van der Waals surface area contributed by atoms with E-state index in [1.54, 1.807) is 26.2 Å². The molecule has 0 N–H and O–H groups in total. The van der Waals surface area contributed by atoms with Crippen LogP contribution in [0.1, 0.15) is 11.1 Å². The molecule has 0 spiro atoms. The number of hydrogen-bond acceptors (Lipinski definition) is 3. The lowest BCUT2D eigenvalue weighted by Gasteiger charge is -2.12. The molecule has 0 saturated heterocycles. The molecule has 2 aromatic rings. The van der Waals surface area contributed by atoms with Gasteiger partial charge in [-0.3, -0.25) is 4.79 Å². The van der Waals surface area contributed by atoms with Crippen molar-refractivity contribution in [3.63, 3.8) is 0 Å². The van der Waals surface area contributed by atoms with Crippen molar-refractivity contribution >= 4 is 35.2 Å². The van der Waals surface area contributed by atoms with Crippen LogP contribution in [-0.2, 0) is 11.4 Å². The third-order valence-corrected chi connectivity index (χ3v) is 3.88. The van der Waals surface area contributed by atoms with E-state index in [4.69, 9.17) is 33.2 Å². The van der Waals surface area contributed by atoms with Gasteiger partial charge < -0.3 is 9.64 Å². The largest absolute Gasteiger partial charge is 0.486 e. The summed E-state index contributed by atoms with van der Waals surface area (Å²) in [5, 5.41) is 9.77. The maximum absolute atomic E-state index is 11.9. The first kappa shape index (κ1) is 18.9. The van der Waals surface area contributed by atoms with E-state index in [0.29, 0.717) is 28.0 Å². The number of nitriles is 1. The minimum Gasteiger partial charge on any atom is -0.486 e. The van der Waals surface area contributed by atoms with E-state index in [1.807, 2.05) is 36.4 Å². The number of hydrogen-bond donors (Lipinski definition) is 0. The van der Waals surface area contributed by atoms with Gasteiger partial charge in [0.1, 0.15) is 18.2 Å². The van der Waals surface area contributed by atoms with Crippen molar-refractivity contribution in [2.75, 3.05) is 14.1 Å². The molecule has 0 unspecified atom stereocenters. The lowest BCUT2D eigenvalue weighted by molar-refractivity contribution is -0.124. The molecule has 25 heavy (non-hydrogen) atoms. The van der Waals surface area contributed by atoms with Crippen LogP contribution in [0.5, 0.6) is 5.75 Å². The Hall–Kier alpha value is -2.48. The highest BCUT2D eigenvalue weighted by molar-refractivity contribution is 6.37. The molecular formula is C19H16Cl2N2O2. The average molecular weight is 375 g/mol. The maximum atomic E-state index is 11.9. The van der Waals surface area contributed by atoms with Gasteiger partial charge in [-0.15, -0.1) is 0 Å². The van der Waals surface area contributed by atoms with Gasteiger partial charge in [0.05, 0.1) is 10.0 Å². The SMILES string of the molecule is CN(C)C(=O)/C(C#N)=C\c1cc(Cl)c(OCc2ccccc2)c(Cl)c1. The Morgan fingerprint density at radius 3 is 2.32 bits per heavy atom. The molecule has 0 heterocycles. The van der Waals surface area contributed by atoms with Crippen molar-refractivity contribution in [1.82, 2.24) is 4.90 Å². The molecule has 0 atom stereocenters. The quantitative estimate of drug-likeness (QED) is 0.568. The van der Waals surface area contributed by atoms with Gasteiger partial charge in [0.25, 0.3) is 5.91 Å². The summed E-state index contributed by atoms with van der Waals surface area (Å²) in [6.07, 6.45) is 1.45. The molecule has 0 fully saturated rings. The Morgan fingerprint density at radius 2 is 1.80 bits per heavy atom. The van der Waals surface area contributed by atoms with E-state index in [2.05, 4.69) is 0 Å². The van der Waals surface area contributed by atoms with Gasteiger partial charge in [0.2, 0.25) is 0 Å². The number of nitrogens with zero attached hydrogens (tertiary/aromatic N) is 2. The Bertz CT molecular complexity index is 817. The van der Waals surface area contributed by atoms with Crippen LogP contribution in [0.25, 0.3) is 6.08 Å². The zero-order valence-corrected chi connectivity index (χ0v) is 15.3. The first-order valence-corrected chi connectivity index (χ1v) is 8.17. The van der Waals surface area contributed by atoms with E-state index in [9.17, 15) is 4.79 Å². The van der Waals surface area contributed by atoms with E-state index in [0.717, 1.165) is 5.56 Å². The Balaban J connectivity index is 2.25. The minimum atomic E-state index is -0.390. The third kappa shape index (κ3) is 4.99. The van der Waals surface area contributed by atoms with E-state index < -0.39 is 0 Å². The number of halogens is 2. The Labute approximate surface area is 156 Å². The lowest BCUT2D eigenvalue weighted by Crippen LogP contribution is -2.22. The fourth-order valence-electron chi connectivity index (χ4n) is 2.08. The fraction of sp³-hybridized carbons (Fsp3) is 0.158. The average Bonchev–Trinajstić information content (AvgIpc) is 2.59. The summed E-state index contributed by atoms with van der Waals surface area (Å²) in [7, 11) is 3.15. The predicted octanol–water partition coefficient (Wildman–Crippen LogP) is 4.57. The summed E-state index contributed by atoms with van der Waals surface area (Å²) < 4.78 is 5.70. The van der Waals surface area contributed by atoms with Crippen LogP contribution >= 0.6 is 23.2 Å². The number of likely N-dealkylation sites (N-methyl/N-ethyl adjacent to an activating group) is 1. The van der Waals surface area contributed by atoms with Crippen molar-refractivity contribution in [2.45, 2.75) is 6.61 Å². The van der Waals surface area contributed by atoms with E-state index >= 15 is 0 Å². The van der Waals surface area contributed by atoms with Crippen LogP contribution in [0.15, 0.2) is 48.0 Å². The van der Waals surface area contributed by atoms with Crippen LogP contribution in [0.2, 0.25) is 10.0 Å². The van der Waals surface area contributed by atoms with Crippen LogP contribution in [0.4, 0.5) is 0 Å². The van der Waals surface area contributed by atoms with Gasteiger partial charge in [-0.05, 0) is 29.3 Å². The molecule has 0 aliphatic rings. The Morgan fingerprint density at radius 1 is 1.20 bits per heavy atom. The second kappa shape index (κ2) is 8.57. The molecule has 4 nitrogen and oxygen atoms in total. The molecule has 2 rings (SSSR count). The molecule has 0 aliphatic carbocycles. The van der Waals surface area contributed by atoms with Gasteiger partial charge in [0, 0.05) is 14.1 Å². The second-order valence-corrected chi connectivity index (χ2v) is 6.27. The van der Waals surface area contributed by atoms with Crippen molar-refractivity contribution < 1.29 is 9.53 Å². The number of carbonyl (C=O) groups is 1. The van der Waals surface area contributed by atoms with Gasteiger partial charge in [-0.1, -0.05) is 53.5 Å². The molecule has 0 aliphatic heterocycles. The van der Waals surface area contributed by atoms with Gasteiger partial charge >= 0.3 is 0 Å². The highest BCUT2D eigenvalue weighted by Crippen LogP contribution is 2.35. The van der Waals surface area contributed by atoms with Gasteiger partial charge in [-0.25, -0.2) is 0 Å². The van der Waals surface area contributed by atoms with Crippen molar-refractivity contribution in [3.05, 3.63) is 69.2 Å². The highest BCUT2D eigenvalue weighted by Gasteiger charge is 2.14. The first-order valence-electron chi connectivity index (χ1n) is 7.41. The third-order valence-electron chi connectivity index (χ3n) is 3.31. The summed E-state index contributed by atoms with van der Waals surface area (Å²) in [5.41, 5.74) is 1.53. The normalized spacial score (nSPS) is 10.9.